The number of anilines is 1. The number of aliphatic hydroxyl groups excluding tert-OH is 1. The Bertz CT molecular complexity index is 1050. The van der Waals surface area contributed by atoms with Gasteiger partial charge < -0.3 is 19.6 Å². The maximum absolute atomic E-state index is 13.0. The fourth-order valence-electron chi connectivity index (χ4n) is 5.37. The molecule has 2 aliphatic rings. The van der Waals surface area contributed by atoms with Crippen LogP contribution in [0.3, 0.4) is 0 Å². The van der Waals surface area contributed by atoms with E-state index in [-0.39, 0.29) is 12.5 Å². The second-order valence-corrected chi connectivity index (χ2v) is 10.5. The van der Waals surface area contributed by atoms with Crippen molar-refractivity contribution in [1.82, 2.24) is 19.8 Å². The first-order valence-corrected chi connectivity index (χ1v) is 14.7. The van der Waals surface area contributed by atoms with Crippen LogP contribution in [0.4, 0.5) is 5.95 Å². The quantitative estimate of drug-likeness (QED) is 0.388. The van der Waals surface area contributed by atoms with Crippen LogP contribution in [0.2, 0.25) is 0 Å². The molecule has 0 saturated carbocycles. The molecule has 0 radical (unpaired) electrons. The Morgan fingerprint density at radius 1 is 1.08 bits per heavy atom. The van der Waals surface area contributed by atoms with E-state index in [1.54, 1.807) is 0 Å². The first-order valence-electron chi connectivity index (χ1n) is 14.7. The molecule has 2 heterocycles. The van der Waals surface area contributed by atoms with Crippen molar-refractivity contribution in [3.8, 4) is 5.75 Å². The molecule has 0 bridgehead atoms. The summed E-state index contributed by atoms with van der Waals surface area (Å²) in [7, 11) is 0. The van der Waals surface area contributed by atoms with Gasteiger partial charge >= 0.3 is 0 Å². The fourth-order valence-corrected chi connectivity index (χ4v) is 5.37. The van der Waals surface area contributed by atoms with Gasteiger partial charge in [0.25, 0.3) is 0 Å². The molecule has 1 amide bonds. The van der Waals surface area contributed by atoms with Crippen LogP contribution in [-0.4, -0.2) is 89.8 Å². The van der Waals surface area contributed by atoms with Crippen LogP contribution in [0.15, 0.2) is 42.7 Å². The Hall–Kier alpha value is -2.97. The second kappa shape index (κ2) is 15.0. The van der Waals surface area contributed by atoms with Gasteiger partial charge in [0.05, 0.1) is 13.2 Å². The smallest absolute Gasteiger partial charge is 0.226 e. The number of nitrogens with zero attached hydrogens (tertiary/aromatic N) is 5. The maximum Gasteiger partial charge on any atom is 0.226 e. The minimum atomic E-state index is 0.0895. The second-order valence-electron chi connectivity index (χ2n) is 10.5. The number of carbonyl (C=O) groups is 1. The molecule has 1 aromatic heterocycles. The average Bonchev–Trinajstić information content (AvgIpc) is 3.00. The molecule has 1 N–H and O–H groups in total. The zero-order valence-electron chi connectivity index (χ0n) is 23.7. The summed E-state index contributed by atoms with van der Waals surface area (Å²) in [4.78, 5) is 28.5. The molecular formula is C31H45N5O3. The number of allylic oxidation sites excluding steroid dienone is 2. The molecule has 212 valence electrons. The van der Waals surface area contributed by atoms with Gasteiger partial charge in [0.15, 0.2) is 0 Å². The Balaban J connectivity index is 1.16. The predicted octanol–water partition coefficient (Wildman–Crippen LogP) is 4.04. The maximum atomic E-state index is 13.0. The Morgan fingerprint density at radius 3 is 2.44 bits per heavy atom. The number of carbonyl (C=O) groups excluding carboxylic acids is 1. The topological polar surface area (TPSA) is 82.0 Å². The number of piperazine rings is 1. The van der Waals surface area contributed by atoms with Crippen LogP contribution >= 0.6 is 0 Å². The van der Waals surface area contributed by atoms with Gasteiger partial charge in [-0.3, -0.25) is 9.69 Å². The molecule has 1 fully saturated rings. The third-order valence-corrected chi connectivity index (χ3v) is 7.94. The minimum Gasteiger partial charge on any atom is -0.494 e. The van der Waals surface area contributed by atoms with Gasteiger partial charge in [-0.1, -0.05) is 25.1 Å². The van der Waals surface area contributed by atoms with Crippen LogP contribution in [0, 0.1) is 5.92 Å². The number of ether oxygens (including phenoxy) is 1. The van der Waals surface area contributed by atoms with Crippen LogP contribution in [0.1, 0.15) is 57.1 Å². The molecule has 1 unspecified atom stereocenters. The Labute approximate surface area is 233 Å². The highest BCUT2D eigenvalue weighted by Crippen LogP contribution is 2.32. The summed E-state index contributed by atoms with van der Waals surface area (Å²) in [6, 6.07) is 8.39. The van der Waals surface area contributed by atoms with Crippen molar-refractivity contribution in [2.75, 3.05) is 63.9 Å². The third kappa shape index (κ3) is 8.26. The van der Waals surface area contributed by atoms with Crippen molar-refractivity contribution >= 4 is 17.4 Å². The lowest BCUT2D eigenvalue weighted by molar-refractivity contribution is -0.137. The first kappa shape index (κ1) is 29.0. The Kier molecular flexibility index (Phi) is 11.2. The summed E-state index contributed by atoms with van der Waals surface area (Å²) in [6.45, 7) is 10.9. The van der Waals surface area contributed by atoms with Crippen LogP contribution in [0.5, 0.6) is 5.75 Å². The summed E-state index contributed by atoms with van der Waals surface area (Å²) >= 11 is 0. The lowest BCUT2D eigenvalue weighted by atomic mass is 9.85. The number of amides is 1. The molecule has 8 nitrogen and oxygen atoms in total. The van der Waals surface area contributed by atoms with Crippen LogP contribution < -0.4 is 9.64 Å². The first-order chi connectivity index (χ1) is 19.1. The number of rotatable bonds is 13. The highest BCUT2D eigenvalue weighted by atomic mass is 16.5. The zero-order valence-corrected chi connectivity index (χ0v) is 23.7. The molecule has 1 saturated heterocycles. The van der Waals surface area contributed by atoms with Gasteiger partial charge in [0.1, 0.15) is 5.75 Å². The number of aromatic nitrogens is 2. The van der Waals surface area contributed by atoms with Gasteiger partial charge in [0, 0.05) is 64.1 Å². The SMILES string of the molecule is CCc1cnc(N(CC)CCCCOc2ccc(C3=CCC(C(=O)N4CCN(CCO)CC4)CC3)cc2)nc1. The largest absolute Gasteiger partial charge is 0.494 e. The molecule has 1 aliphatic carbocycles. The number of aliphatic hydroxyl groups is 1. The molecular weight excluding hydrogens is 490 g/mol. The predicted molar refractivity (Wildman–Crippen MR) is 156 cm³/mol. The summed E-state index contributed by atoms with van der Waals surface area (Å²) < 4.78 is 6.00. The molecule has 1 aromatic carbocycles. The van der Waals surface area contributed by atoms with Gasteiger partial charge in [0.2, 0.25) is 11.9 Å². The van der Waals surface area contributed by atoms with E-state index in [4.69, 9.17) is 9.84 Å². The lowest BCUT2D eigenvalue weighted by Gasteiger charge is -2.36. The summed E-state index contributed by atoms with van der Waals surface area (Å²) in [5.74, 6) is 2.08. The fraction of sp³-hybridized carbons (Fsp3) is 0.581. The summed E-state index contributed by atoms with van der Waals surface area (Å²) in [6.07, 6.45) is 11.7. The van der Waals surface area contributed by atoms with Gasteiger partial charge in [-0.05, 0) is 74.3 Å². The highest BCUT2D eigenvalue weighted by molar-refractivity contribution is 5.81. The summed E-state index contributed by atoms with van der Waals surface area (Å²) in [5.41, 5.74) is 3.71. The Morgan fingerprint density at radius 2 is 1.82 bits per heavy atom. The molecule has 1 aliphatic heterocycles. The van der Waals surface area contributed by atoms with E-state index in [1.807, 2.05) is 17.3 Å². The number of hydrogen-bond acceptors (Lipinski definition) is 7. The number of benzene rings is 1. The summed E-state index contributed by atoms with van der Waals surface area (Å²) in [5, 5.41) is 9.12. The lowest BCUT2D eigenvalue weighted by Crippen LogP contribution is -2.50. The van der Waals surface area contributed by atoms with Crippen molar-refractivity contribution in [2.24, 2.45) is 5.92 Å². The van der Waals surface area contributed by atoms with Crippen molar-refractivity contribution in [3.63, 3.8) is 0 Å². The molecule has 0 spiro atoms. The van der Waals surface area contributed by atoms with Gasteiger partial charge in [-0.2, -0.15) is 0 Å². The standard InChI is InChI=1S/C31H45N5O3/c1-3-25-23-32-31(33-24-25)35(4-2)15-5-6-22-39-29-13-11-27(12-14-29)26-7-9-28(10-8-26)30(38)36-18-16-34(17-19-36)20-21-37/h7,11-14,23-24,28,37H,3-6,8-10,15-22H2,1-2H3. The van der Waals surface area contributed by atoms with Crippen molar-refractivity contribution in [3.05, 3.63) is 53.9 Å². The number of β-amino-alcohol motifs (C(OH)–C–C–N with tert-alkyl or cyclic N) is 1. The zero-order chi connectivity index (χ0) is 27.5. The number of unbranched alkanes of at least 4 members (excludes halogenated alkanes) is 1. The van der Waals surface area contributed by atoms with E-state index < -0.39 is 0 Å². The third-order valence-electron chi connectivity index (χ3n) is 7.94. The van der Waals surface area contributed by atoms with E-state index in [0.29, 0.717) is 19.1 Å². The molecule has 1 atom stereocenters. The molecule has 2 aromatic rings. The van der Waals surface area contributed by atoms with E-state index in [0.717, 1.165) is 95.1 Å². The van der Waals surface area contributed by atoms with E-state index >= 15 is 0 Å². The monoisotopic (exact) mass is 535 g/mol. The van der Waals surface area contributed by atoms with Crippen molar-refractivity contribution in [2.45, 2.75) is 52.4 Å². The van der Waals surface area contributed by atoms with E-state index in [9.17, 15) is 4.79 Å². The van der Waals surface area contributed by atoms with Crippen molar-refractivity contribution in [1.29, 1.82) is 0 Å². The number of aryl methyl sites for hydroxylation is 1. The van der Waals surface area contributed by atoms with Crippen molar-refractivity contribution < 1.29 is 14.6 Å². The van der Waals surface area contributed by atoms with E-state index in [2.05, 4.69) is 64.0 Å². The number of hydrogen-bond donors (Lipinski definition) is 1. The van der Waals surface area contributed by atoms with Gasteiger partial charge in [-0.15, -0.1) is 0 Å². The van der Waals surface area contributed by atoms with E-state index in [1.165, 1.54) is 11.1 Å². The highest BCUT2D eigenvalue weighted by Gasteiger charge is 2.28. The molecule has 8 heteroatoms. The van der Waals surface area contributed by atoms with Crippen LogP contribution in [0.25, 0.3) is 5.57 Å². The minimum absolute atomic E-state index is 0.0895. The average molecular weight is 536 g/mol. The van der Waals surface area contributed by atoms with Crippen LogP contribution in [-0.2, 0) is 11.2 Å². The molecule has 4 rings (SSSR count). The normalized spacial score (nSPS) is 18.1. The molecule has 39 heavy (non-hydrogen) atoms. The van der Waals surface area contributed by atoms with Gasteiger partial charge in [-0.25, -0.2) is 9.97 Å².